The van der Waals surface area contributed by atoms with Gasteiger partial charge in [-0.25, -0.2) is 0 Å². The Kier molecular flexibility index (Phi) is 4.01. The number of benzene rings is 1. The highest BCUT2D eigenvalue weighted by Crippen LogP contribution is 2.26. The minimum absolute atomic E-state index is 0.167. The van der Waals surface area contributed by atoms with Gasteiger partial charge in [-0.2, -0.15) is 0 Å². The maximum Gasteiger partial charge on any atom is 0.320 e. The van der Waals surface area contributed by atoms with E-state index in [-0.39, 0.29) is 6.42 Å². The molecule has 0 spiro atoms. The number of carboxylic acids is 1. The summed E-state index contributed by atoms with van der Waals surface area (Å²) < 4.78 is 12.0. The van der Waals surface area contributed by atoms with Crippen molar-refractivity contribution >= 4 is 27.7 Å². The predicted molar refractivity (Wildman–Crippen MR) is 74.6 cm³/mol. The Morgan fingerprint density at radius 2 is 2.16 bits per heavy atom. The first-order chi connectivity index (χ1) is 9.04. The van der Waals surface area contributed by atoms with Crippen molar-refractivity contribution in [2.75, 3.05) is 5.75 Å². The summed E-state index contributed by atoms with van der Waals surface area (Å²) in [5.74, 6) is -0.583. The fraction of sp³-hybridized carbons (Fsp3) is 0.308. The van der Waals surface area contributed by atoms with Crippen molar-refractivity contribution in [3.63, 3.8) is 0 Å². The maximum atomic E-state index is 12.0. The first-order valence-electron chi connectivity index (χ1n) is 6.01. The van der Waals surface area contributed by atoms with Gasteiger partial charge in [0, 0.05) is 23.1 Å². The number of hydrogen-bond donors (Lipinski definition) is 3. The highest BCUT2D eigenvalue weighted by atomic mass is 32.2. The van der Waals surface area contributed by atoms with Gasteiger partial charge in [0.1, 0.15) is 11.1 Å². The summed E-state index contributed by atoms with van der Waals surface area (Å²) >= 11 is 0. The van der Waals surface area contributed by atoms with E-state index in [4.69, 9.17) is 10.8 Å². The van der Waals surface area contributed by atoms with E-state index in [2.05, 4.69) is 4.98 Å². The lowest BCUT2D eigenvalue weighted by Gasteiger charge is -2.07. The molecule has 2 atom stereocenters. The summed E-state index contributed by atoms with van der Waals surface area (Å²) in [4.78, 5) is 14.0. The molecule has 6 heteroatoms. The summed E-state index contributed by atoms with van der Waals surface area (Å²) in [7, 11) is -1.17. The van der Waals surface area contributed by atoms with E-state index < -0.39 is 22.8 Å². The molecule has 1 aromatic carbocycles. The number of aliphatic carboxylic acids is 1. The Morgan fingerprint density at radius 3 is 2.79 bits per heavy atom. The number of rotatable bonds is 5. The highest BCUT2D eigenvalue weighted by Gasteiger charge is 2.20. The molecule has 19 heavy (non-hydrogen) atoms. The average molecular weight is 280 g/mol. The molecule has 1 heterocycles. The van der Waals surface area contributed by atoms with Crippen LogP contribution in [0.2, 0.25) is 0 Å². The molecular weight excluding hydrogens is 264 g/mol. The van der Waals surface area contributed by atoms with Crippen LogP contribution in [0.5, 0.6) is 0 Å². The molecule has 5 nitrogen and oxygen atoms in total. The molecule has 0 aliphatic rings. The van der Waals surface area contributed by atoms with E-state index in [0.717, 1.165) is 16.5 Å². The van der Waals surface area contributed by atoms with Crippen LogP contribution in [0.3, 0.4) is 0 Å². The van der Waals surface area contributed by atoms with E-state index >= 15 is 0 Å². The van der Waals surface area contributed by atoms with Crippen LogP contribution < -0.4 is 5.73 Å². The lowest BCUT2D eigenvalue weighted by molar-refractivity contribution is -0.138. The normalized spacial score (nSPS) is 14.4. The summed E-state index contributed by atoms with van der Waals surface area (Å²) in [6, 6.07) is 6.50. The minimum atomic E-state index is -1.17. The lowest BCUT2D eigenvalue weighted by atomic mass is 10.1. The molecule has 0 amide bonds. The van der Waals surface area contributed by atoms with Crippen molar-refractivity contribution in [2.24, 2.45) is 5.73 Å². The zero-order chi connectivity index (χ0) is 14.0. The largest absolute Gasteiger partial charge is 0.480 e. The van der Waals surface area contributed by atoms with Crippen molar-refractivity contribution in [2.45, 2.75) is 24.4 Å². The molecule has 0 saturated carbocycles. The second-order valence-corrected chi connectivity index (χ2v) is 5.94. The van der Waals surface area contributed by atoms with Gasteiger partial charge in [0.2, 0.25) is 0 Å². The summed E-state index contributed by atoms with van der Waals surface area (Å²) in [5.41, 5.74) is 7.19. The third-order valence-corrected chi connectivity index (χ3v) is 4.33. The number of nitrogens with two attached hydrogens (primary N) is 1. The van der Waals surface area contributed by atoms with Crippen LogP contribution in [0.25, 0.3) is 10.9 Å². The average Bonchev–Trinajstić information content (AvgIpc) is 2.77. The highest BCUT2D eigenvalue weighted by molar-refractivity contribution is 7.85. The van der Waals surface area contributed by atoms with Gasteiger partial charge in [-0.1, -0.05) is 25.1 Å². The van der Waals surface area contributed by atoms with Gasteiger partial charge in [-0.05, 0) is 11.6 Å². The fourth-order valence-electron chi connectivity index (χ4n) is 2.02. The van der Waals surface area contributed by atoms with Gasteiger partial charge in [0.05, 0.1) is 10.8 Å². The second kappa shape index (κ2) is 5.54. The molecule has 0 aliphatic carbocycles. The zero-order valence-corrected chi connectivity index (χ0v) is 11.4. The summed E-state index contributed by atoms with van der Waals surface area (Å²) in [6.07, 6.45) is 0.167. The van der Waals surface area contributed by atoms with E-state index in [0.29, 0.717) is 10.8 Å². The molecule has 2 rings (SSSR count). The molecular formula is C13H16N2O3S. The molecule has 0 radical (unpaired) electrons. The van der Waals surface area contributed by atoms with Crippen LogP contribution in [0.4, 0.5) is 0 Å². The number of nitrogens with one attached hydrogen (secondary N) is 1. The molecule has 0 saturated heterocycles. The Labute approximate surface area is 113 Å². The SMILES string of the molecule is CCS(=O)c1[nH]c2ccccc2c1C[C@@H](N)C(=O)O. The molecule has 102 valence electrons. The fourth-order valence-corrected chi connectivity index (χ4v) is 3.00. The first kappa shape index (κ1) is 13.8. The Bertz CT molecular complexity index is 636. The summed E-state index contributed by atoms with van der Waals surface area (Å²) in [6.45, 7) is 1.82. The van der Waals surface area contributed by atoms with E-state index in [1.807, 2.05) is 31.2 Å². The Balaban J connectivity index is 2.54. The molecule has 1 unspecified atom stereocenters. The number of aromatic nitrogens is 1. The molecule has 0 fully saturated rings. The number of carbonyl (C=O) groups is 1. The van der Waals surface area contributed by atoms with E-state index in [1.165, 1.54) is 0 Å². The van der Waals surface area contributed by atoms with Crippen LogP contribution in [0, 0.1) is 0 Å². The maximum absolute atomic E-state index is 12.0. The predicted octanol–water partition coefficient (Wildman–Crippen LogP) is 1.25. The van der Waals surface area contributed by atoms with Gasteiger partial charge < -0.3 is 15.8 Å². The van der Waals surface area contributed by atoms with Crippen LogP contribution in [0.1, 0.15) is 12.5 Å². The van der Waals surface area contributed by atoms with Gasteiger partial charge in [-0.15, -0.1) is 0 Å². The molecule has 2 aromatic rings. The van der Waals surface area contributed by atoms with E-state index in [9.17, 15) is 9.00 Å². The number of H-pyrrole nitrogens is 1. The standard InChI is InChI=1S/C13H16N2O3S/c1-2-19(18)12-9(7-10(14)13(16)17)8-5-3-4-6-11(8)15-12/h3-6,10,15H,2,7,14H2,1H3,(H,16,17)/t10-,19?/m1/s1. The van der Waals surface area contributed by atoms with Crippen LogP contribution in [-0.2, 0) is 22.0 Å². The zero-order valence-electron chi connectivity index (χ0n) is 10.6. The van der Waals surface area contributed by atoms with Crippen molar-refractivity contribution in [1.29, 1.82) is 0 Å². The minimum Gasteiger partial charge on any atom is -0.480 e. The third-order valence-electron chi connectivity index (χ3n) is 3.01. The van der Waals surface area contributed by atoms with Crippen LogP contribution in [-0.4, -0.2) is 32.1 Å². The monoisotopic (exact) mass is 280 g/mol. The van der Waals surface area contributed by atoms with Crippen molar-refractivity contribution in [3.05, 3.63) is 29.8 Å². The number of para-hydroxylation sites is 1. The summed E-state index contributed by atoms with van der Waals surface area (Å²) in [5, 5.41) is 10.4. The van der Waals surface area contributed by atoms with E-state index in [1.54, 1.807) is 0 Å². The van der Waals surface area contributed by atoms with Crippen molar-refractivity contribution in [3.8, 4) is 0 Å². The topological polar surface area (TPSA) is 96.2 Å². The lowest BCUT2D eigenvalue weighted by Crippen LogP contribution is -2.32. The Morgan fingerprint density at radius 1 is 1.47 bits per heavy atom. The third kappa shape index (κ3) is 2.69. The smallest absolute Gasteiger partial charge is 0.320 e. The van der Waals surface area contributed by atoms with Gasteiger partial charge in [0.15, 0.2) is 0 Å². The molecule has 0 bridgehead atoms. The number of carboxylic acid groups (broad SMARTS) is 1. The second-order valence-electron chi connectivity index (χ2n) is 4.26. The van der Waals surface area contributed by atoms with Crippen molar-refractivity contribution in [1.82, 2.24) is 4.98 Å². The molecule has 0 aliphatic heterocycles. The van der Waals surface area contributed by atoms with Gasteiger partial charge in [0.25, 0.3) is 0 Å². The Hall–Kier alpha value is -1.66. The number of aromatic amines is 1. The van der Waals surface area contributed by atoms with Crippen LogP contribution in [0.15, 0.2) is 29.3 Å². The number of fused-ring (bicyclic) bond motifs is 1. The quantitative estimate of drug-likeness (QED) is 0.768. The first-order valence-corrected chi connectivity index (χ1v) is 7.32. The molecule has 4 N–H and O–H groups in total. The van der Waals surface area contributed by atoms with Gasteiger partial charge >= 0.3 is 5.97 Å². The molecule has 1 aromatic heterocycles. The van der Waals surface area contributed by atoms with Crippen molar-refractivity contribution < 1.29 is 14.1 Å². The van der Waals surface area contributed by atoms with Gasteiger partial charge in [-0.3, -0.25) is 9.00 Å². The number of hydrogen-bond acceptors (Lipinski definition) is 3. The van der Waals surface area contributed by atoms with Crippen LogP contribution >= 0.6 is 0 Å².